The number of fused-ring (bicyclic) bond motifs is 2. The van der Waals surface area contributed by atoms with Crippen molar-refractivity contribution in [2.45, 2.75) is 127 Å². The molecule has 2 aliphatic heterocycles. The van der Waals surface area contributed by atoms with E-state index in [-0.39, 0.29) is 75.8 Å². The maximum Gasteiger partial charge on any atom is 0.245 e. The lowest BCUT2D eigenvalue weighted by molar-refractivity contribution is -0.142. The summed E-state index contributed by atoms with van der Waals surface area (Å²) in [4.78, 5) is 95.0. The van der Waals surface area contributed by atoms with Gasteiger partial charge in [-0.3, -0.25) is 33.8 Å². The maximum atomic E-state index is 14.6. The summed E-state index contributed by atoms with van der Waals surface area (Å²) in [5.74, 6) is -3.91. The number of amides is 5. The van der Waals surface area contributed by atoms with Crippen LogP contribution in [0.15, 0.2) is 65.8 Å². The number of para-hydroxylation sites is 1. The number of rotatable bonds is 14. The first kappa shape index (κ1) is 49.6. The van der Waals surface area contributed by atoms with Gasteiger partial charge in [-0.15, -0.1) is 0 Å². The molecule has 66 heavy (non-hydrogen) atoms. The maximum absolute atomic E-state index is 14.6. The Labute approximate surface area is 386 Å². The highest BCUT2D eigenvalue weighted by Gasteiger charge is 2.41. The van der Waals surface area contributed by atoms with Gasteiger partial charge in [0.2, 0.25) is 39.6 Å². The zero-order valence-electron chi connectivity index (χ0n) is 37.8. The third kappa shape index (κ3) is 14.3. The second-order valence-electron chi connectivity index (χ2n) is 18.1. The van der Waals surface area contributed by atoms with Crippen molar-refractivity contribution in [3.8, 4) is 0 Å². The van der Waals surface area contributed by atoms with Gasteiger partial charge in [0.15, 0.2) is 11.7 Å². The van der Waals surface area contributed by atoms with Crippen molar-refractivity contribution in [3.63, 3.8) is 0 Å². The van der Waals surface area contributed by atoms with Gasteiger partial charge in [0.1, 0.15) is 24.2 Å². The number of hydrogen-bond donors (Lipinski definition) is 8. The molecule has 18 nitrogen and oxygen atoms in total. The van der Waals surface area contributed by atoms with Gasteiger partial charge in [0.05, 0.1) is 12.3 Å². The van der Waals surface area contributed by atoms with E-state index in [0.717, 1.165) is 54.8 Å². The van der Waals surface area contributed by atoms with Crippen LogP contribution >= 0.6 is 0 Å². The van der Waals surface area contributed by atoms with Crippen LogP contribution in [0, 0.1) is 11.8 Å². The van der Waals surface area contributed by atoms with E-state index < -0.39 is 75.7 Å². The van der Waals surface area contributed by atoms with Crippen LogP contribution in [0.1, 0.15) is 94.6 Å². The molecule has 10 N–H and O–H groups in total. The second kappa shape index (κ2) is 23.6. The van der Waals surface area contributed by atoms with E-state index in [2.05, 4.69) is 36.0 Å². The summed E-state index contributed by atoms with van der Waals surface area (Å²) in [6.45, 7) is 0.491. The van der Waals surface area contributed by atoms with Crippen molar-refractivity contribution >= 4 is 62.2 Å². The molecule has 3 aliphatic rings. The number of aromatic nitrogens is 1. The molecule has 2 saturated heterocycles. The third-order valence-electron chi connectivity index (χ3n) is 12.9. The highest BCUT2D eigenvalue weighted by atomic mass is 32.2. The molecule has 358 valence electrons. The minimum atomic E-state index is -3.88. The predicted molar refractivity (Wildman–Crippen MR) is 251 cm³/mol. The normalized spacial score (nSPS) is 23.7. The van der Waals surface area contributed by atoms with Crippen LogP contribution in [0.2, 0.25) is 0 Å². The number of carbonyl (C=O) groups excluding carboxylic acids is 6. The van der Waals surface area contributed by atoms with Crippen molar-refractivity contribution in [1.82, 2.24) is 35.9 Å². The Morgan fingerprint density at radius 2 is 1.59 bits per heavy atom. The van der Waals surface area contributed by atoms with Gasteiger partial charge in [-0.1, -0.05) is 80.6 Å². The number of H-pyrrole nitrogens is 1. The Morgan fingerprint density at radius 1 is 0.864 bits per heavy atom. The molecule has 19 heteroatoms. The van der Waals surface area contributed by atoms with Crippen LogP contribution < -0.4 is 37.5 Å². The van der Waals surface area contributed by atoms with Gasteiger partial charge in [0.25, 0.3) is 0 Å². The van der Waals surface area contributed by atoms with Crippen molar-refractivity contribution in [1.29, 1.82) is 0 Å². The lowest BCUT2D eigenvalue weighted by Crippen LogP contribution is -2.59. The first-order chi connectivity index (χ1) is 31.6. The van der Waals surface area contributed by atoms with Gasteiger partial charge in [-0.2, -0.15) is 0 Å². The Hall–Kier alpha value is -5.82. The number of nitrogens with one attached hydrogen (secondary N) is 6. The number of ketones is 1. The molecule has 0 spiro atoms. The Kier molecular flexibility index (Phi) is 17.7. The summed E-state index contributed by atoms with van der Waals surface area (Å²) >= 11 is 0. The molecule has 0 radical (unpaired) electrons. The predicted octanol–water partition coefficient (Wildman–Crippen LogP) is 1.83. The fourth-order valence-corrected chi connectivity index (χ4v) is 10.2. The number of hydrogen-bond acceptors (Lipinski definition) is 9. The molecule has 3 heterocycles. The SMILES string of the molecule is CS(=O)(=O)N[C@@H](Cc1ccccc1)C(=O)N[C@H]1CCCNC(=O)[C@H](CCCN=C(N)N)CC(=O)[C@H](Cc2c[nH]c3ccccc23)NC(=O)[C@@H](CC2CCCCC2)NC(=O)[C@@H]2CCCN2C1=O. The van der Waals surface area contributed by atoms with Gasteiger partial charge in [-0.05, 0) is 74.5 Å². The van der Waals surface area contributed by atoms with E-state index in [1.807, 2.05) is 30.5 Å². The molecule has 3 fully saturated rings. The van der Waals surface area contributed by atoms with Crippen LogP contribution in [-0.2, 0) is 51.6 Å². The topological polar surface area (TPSA) is 280 Å². The quantitative estimate of drug-likeness (QED) is 0.0660. The van der Waals surface area contributed by atoms with Gasteiger partial charge < -0.3 is 42.6 Å². The number of nitrogens with two attached hydrogens (primary N) is 2. The molecule has 2 aromatic carbocycles. The molecular weight excluding hydrogens is 865 g/mol. The Morgan fingerprint density at radius 3 is 2.33 bits per heavy atom. The first-order valence-corrected chi connectivity index (χ1v) is 25.2. The van der Waals surface area contributed by atoms with Crippen LogP contribution in [-0.4, -0.2) is 116 Å². The zero-order chi connectivity index (χ0) is 47.2. The Balaban J connectivity index is 1.32. The number of aromatic amines is 1. The standard InChI is InChI=1S/C47H66N10O8S/c1-66(64,65)56-39(26-31-15-6-3-7-16-31)44(61)53-36-20-11-22-50-42(59)32(17-10-23-51-47(48)49)28-41(58)37(27-33-29-52-35-19-9-8-18-34(33)35)54-43(60)38(25-30-13-4-2-5-14-30)55-45(62)40-21-12-24-57(40)46(36)63/h3,6-9,15-16,18-19,29-30,32,36-40,52,56H,2,4-5,10-14,17,20-28H2,1H3,(H,50,59)(H,53,61)(H,54,60)(H,55,62)(H4,48,49,51)/t32-,36+,37+,38-,39+,40+/m1/s1. The number of Topliss-reactive ketones (excluding diaryl/α,β-unsaturated/α-hetero) is 1. The molecule has 1 aromatic heterocycles. The van der Waals surface area contributed by atoms with Crippen LogP contribution in [0.3, 0.4) is 0 Å². The summed E-state index contributed by atoms with van der Waals surface area (Å²) in [6, 6.07) is 11.0. The molecule has 6 atom stereocenters. The second-order valence-corrected chi connectivity index (χ2v) is 19.8. The Bertz CT molecular complexity index is 2310. The number of sulfonamides is 1. The molecule has 6 rings (SSSR count). The van der Waals surface area contributed by atoms with E-state index in [1.54, 1.807) is 30.3 Å². The fraction of sp³-hybridized carbons (Fsp3) is 0.553. The van der Waals surface area contributed by atoms with E-state index in [1.165, 1.54) is 4.90 Å². The van der Waals surface area contributed by atoms with Crippen LogP contribution in [0.4, 0.5) is 0 Å². The van der Waals surface area contributed by atoms with Crippen LogP contribution in [0.25, 0.3) is 10.9 Å². The number of benzene rings is 2. The van der Waals surface area contributed by atoms with E-state index >= 15 is 0 Å². The van der Waals surface area contributed by atoms with Crippen LogP contribution in [0.5, 0.6) is 0 Å². The van der Waals surface area contributed by atoms with E-state index in [4.69, 9.17) is 11.5 Å². The van der Waals surface area contributed by atoms with Crippen molar-refractivity contribution in [2.24, 2.45) is 28.3 Å². The molecule has 1 aliphatic carbocycles. The molecule has 3 aromatic rings. The average Bonchev–Trinajstić information content (AvgIpc) is 3.95. The van der Waals surface area contributed by atoms with E-state index in [9.17, 15) is 37.2 Å². The largest absolute Gasteiger partial charge is 0.370 e. The van der Waals surface area contributed by atoms with Crippen molar-refractivity contribution < 1.29 is 37.2 Å². The molecule has 5 amide bonds. The lowest BCUT2D eigenvalue weighted by atomic mass is 9.84. The minimum absolute atomic E-state index is 0.00182. The summed E-state index contributed by atoms with van der Waals surface area (Å²) in [6.07, 6.45) is 9.46. The highest BCUT2D eigenvalue weighted by Crippen LogP contribution is 2.29. The summed E-state index contributed by atoms with van der Waals surface area (Å²) < 4.78 is 27.4. The summed E-state index contributed by atoms with van der Waals surface area (Å²) in [5, 5.41) is 12.6. The van der Waals surface area contributed by atoms with Gasteiger partial charge >= 0.3 is 0 Å². The van der Waals surface area contributed by atoms with Gasteiger partial charge in [-0.25, -0.2) is 13.1 Å². The minimum Gasteiger partial charge on any atom is -0.370 e. The molecule has 0 unspecified atom stereocenters. The average molecular weight is 931 g/mol. The summed E-state index contributed by atoms with van der Waals surface area (Å²) in [5.41, 5.74) is 13.5. The number of nitrogens with zero attached hydrogens (tertiary/aromatic N) is 2. The zero-order valence-corrected chi connectivity index (χ0v) is 38.6. The number of aliphatic imine (C=N–C) groups is 1. The number of carbonyl (C=O) groups is 6. The smallest absolute Gasteiger partial charge is 0.245 e. The third-order valence-corrected chi connectivity index (χ3v) is 13.6. The highest BCUT2D eigenvalue weighted by molar-refractivity contribution is 7.88. The van der Waals surface area contributed by atoms with Gasteiger partial charge in [0, 0.05) is 55.5 Å². The fourth-order valence-electron chi connectivity index (χ4n) is 9.54. The molecule has 0 bridgehead atoms. The lowest BCUT2D eigenvalue weighted by Gasteiger charge is -2.32. The monoisotopic (exact) mass is 930 g/mol. The van der Waals surface area contributed by atoms with E-state index in [0.29, 0.717) is 31.2 Å². The molecule has 1 saturated carbocycles. The van der Waals surface area contributed by atoms with Crippen molar-refractivity contribution in [3.05, 3.63) is 71.9 Å². The molecular formula is C47H66N10O8S. The number of guanidine groups is 1. The summed E-state index contributed by atoms with van der Waals surface area (Å²) in [7, 11) is -3.88. The van der Waals surface area contributed by atoms with Crippen molar-refractivity contribution in [2.75, 3.05) is 25.9 Å². The first-order valence-electron chi connectivity index (χ1n) is 23.3.